The molecule has 29 heavy (non-hydrogen) atoms. The van der Waals surface area contributed by atoms with Crippen LogP contribution in [0, 0.1) is 0 Å². The average molecular weight is 388 g/mol. The minimum Gasteiger partial charge on any atom is -0.354 e. The molecule has 0 unspecified atom stereocenters. The first-order chi connectivity index (χ1) is 14.3. The molecule has 150 valence electrons. The lowest BCUT2D eigenvalue weighted by Crippen LogP contribution is -2.46. The van der Waals surface area contributed by atoms with Crippen molar-refractivity contribution in [2.45, 2.75) is 13.8 Å². The monoisotopic (exact) mass is 387 g/mol. The van der Waals surface area contributed by atoms with E-state index in [-0.39, 0.29) is 0 Å². The molecule has 0 amide bonds. The number of benzene rings is 2. The van der Waals surface area contributed by atoms with E-state index in [0.717, 1.165) is 68.0 Å². The maximum atomic E-state index is 5.00. The first kappa shape index (κ1) is 19.4. The summed E-state index contributed by atoms with van der Waals surface area (Å²) in [6, 6.07) is 22.9. The zero-order valence-electron chi connectivity index (χ0n) is 17.3. The summed E-state index contributed by atoms with van der Waals surface area (Å²) in [5.74, 6) is 1.77. The van der Waals surface area contributed by atoms with Crippen LogP contribution in [0.5, 0.6) is 0 Å². The van der Waals surface area contributed by atoms with Gasteiger partial charge in [-0.25, -0.2) is 4.98 Å². The molecule has 0 atom stereocenters. The molecule has 5 heteroatoms. The van der Waals surface area contributed by atoms with Crippen molar-refractivity contribution in [2.75, 3.05) is 49.1 Å². The quantitative estimate of drug-likeness (QED) is 0.625. The highest BCUT2D eigenvalue weighted by molar-refractivity contribution is 5.67. The van der Waals surface area contributed by atoms with E-state index in [1.807, 2.05) is 12.1 Å². The zero-order valence-corrected chi connectivity index (χ0v) is 17.3. The SMILES string of the molecule is CCN1CCN(c2cc(-c3ccccc3)nc(N(CC)c3ccccc3)n2)CC1. The number of anilines is 3. The van der Waals surface area contributed by atoms with E-state index in [1.54, 1.807) is 0 Å². The molecular formula is C24H29N5. The van der Waals surface area contributed by atoms with Gasteiger partial charge in [0.05, 0.1) is 5.69 Å². The fourth-order valence-corrected chi connectivity index (χ4v) is 3.80. The number of aromatic nitrogens is 2. The summed E-state index contributed by atoms with van der Waals surface area (Å²) < 4.78 is 0. The Balaban J connectivity index is 1.74. The van der Waals surface area contributed by atoms with Crippen molar-refractivity contribution >= 4 is 17.5 Å². The number of likely N-dealkylation sites (N-methyl/N-ethyl adjacent to an activating group) is 1. The Bertz CT molecular complexity index is 905. The van der Waals surface area contributed by atoms with Gasteiger partial charge in [0.2, 0.25) is 5.95 Å². The van der Waals surface area contributed by atoms with Crippen LogP contribution in [0.2, 0.25) is 0 Å². The molecule has 0 N–H and O–H groups in total. The standard InChI is InChI=1S/C24H29N5/c1-3-27-15-17-28(18-16-27)23-19-22(20-11-7-5-8-12-20)25-24(26-23)29(4-2)21-13-9-6-10-14-21/h5-14,19H,3-4,15-18H2,1-2H3. The number of nitrogens with zero attached hydrogens (tertiary/aromatic N) is 5. The van der Waals surface area contributed by atoms with E-state index in [9.17, 15) is 0 Å². The number of hydrogen-bond acceptors (Lipinski definition) is 5. The minimum atomic E-state index is 0.757. The summed E-state index contributed by atoms with van der Waals surface area (Å²) in [6.07, 6.45) is 0. The van der Waals surface area contributed by atoms with Crippen LogP contribution in [0.25, 0.3) is 11.3 Å². The Labute approximate surface area is 173 Å². The molecule has 1 fully saturated rings. The van der Waals surface area contributed by atoms with Crippen LogP contribution in [0.1, 0.15) is 13.8 Å². The van der Waals surface area contributed by atoms with Crippen LogP contribution in [0.3, 0.4) is 0 Å². The topological polar surface area (TPSA) is 35.5 Å². The second-order valence-electron chi connectivity index (χ2n) is 7.28. The Morgan fingerprint density at radius 1 is 0.828 bits per heavy atom. The highest BCUT2D eigenvalue weighted by atomic mass is 15.3. The molecule has 0 bridgehead atoms. The molecular weight excluding hydrogens is 358 g/mol. The van der Waals surface area contributed by atoms with Gasteiger partial charge in [-0.1, -0.05) is 55.5 Å². The molecule has 1 saturated heterocycles. The predicted molar refractivity (Wildman–Crippen MR) is 121 cm³/mol. The van der Waals surface area contributed by atoms with Crippen molar-refractivity contribution < 1.29 is 0 Å². The first-order valence-corrected chi connectivity index (χ1v) is 10.5. The van der Waals surface area contributed by atoms with Crippen molar-refractivity contribution in [3.05, 3.63) is 66.7 Å². The van der Waals surface area contributed by atoms with Gasteiger partial charge in [-0.05, 0) is 25.6 Å². The molecule has 3 aromatic rings. The highest BCUT2D eigenvalue weighted by Gasteiger charge is 2.20. The number of hydrogen-bond donors (Lipinski definition) is 0. The number of para-hydroxylation sites is 1. The maximum absolute atomic E-state index is 5.00. The molecule has 5 nitrogen and oxygen atoms in total. The van der Waals surface area contributed by atoms with Crippen molar-refractivity contribution in [2.24, 2.45) is 0 Å². The molecule has 0 radical (unpaired) electrons. The molecule has 2 aromatic carbocycles. The Kier molecular flexibility index (Phi) is 6.06. The largest absolute Gasteiger partial charge is 0.354 e. The third-order valence-electron chi connectivity index (χ3n) is 5.54. The molecule has 4 rings (SSSR count). The van der Waals surface area contributed by atoms with Crippen LogP contribution >= 0.6 is 0 Å². The van der Waals surface area contributed by atoms with Crippen molar-refractivity contribution in [3.63, 3.8) is 0 Å². The smallest absolute Gasteiger partial charge is 0.232 e. The van der Waals surface area contributed by atoms with Gasteiger partial charge in [-0.2, -0.15) is 4.98 Å². The van der Waals surface area contributed by atoms with Crippen LogP contribution in [-0.2, 0) is 0 Å². The Morgan fingerprint density at radius 3 is 2.10 bits per heavy atom. The average Bonchev–Trinajstić information content (AvgIpc) is 2.81. The molecule has 0 saturated carbocycles. The van der Waals surface area contributed by atoms with Gasteiger partial charge >= 0.3 is 0 Å². The van der Waals surface area contributed by atoms with Crippen LogP contribution in [0.15, 0.2) is 66.7 Å². The van der Waals surface area contributed by atoms with Crippen molar-refractivity contribution in [3.8, 4) is 11.3 Å². The van der Waals surface area contributed by atoms with E-state index in [4.69, 9.17) is 9.97 Å². The molecule has 0 aliphatic carbocycles. The van der Waals surface area contributed by atoms with E-state index in [2.05, 4.69) is 83.1 Å². The summed E-state index contributed by atoms with van der Waals surface area (Å²) >= 11 is 0. The molecule has 0 spiro atoms. The summed E-state index contributed by atoms with van der Waals surface area (Å²) in [5, 5.41) is 0. The van der Waals surface area contributed by atoms with Crippen molar-refractivity contribution in [1.29, 1.82) is 0 Å². The molecule has 2 heterocycles. The summed E-state index contributed by atoms with van der Waals surface area (Å²) in [4.78, 5) is 17.0. The van der Waals surface area contributed by atoms with Crippen molar-refractivity contribution in [1.82, 2.24) is 14.9 Å². The second kappa shape index (κ2) is 9.05. The lowest BCUT2D eigenvalue weighted by Gasteiger charge is -2.35. The van der Waals surface area contributed by atoms with Crippen LogP contribution in [-0.4, -0.2) is 54.1 Å². The normalized spacial score (nSPS) is 14.8. The van der Waals surface area contributed by atoms with E-state index in [1.165, 1.54) is 0 Å². The predicted octanol–water partition coefficient (Wildman–Crippen LogP) is 4.44. The maximum Gasteiger partial charge on any atom is 0.232 e. The molecule has 1 aromatic heterocycles. The van der Waals surface area contributed by atoms with Gasteiger partial charge in [-0.3, -0.25) is 0 Å². The van der Waals surface area contributed by atoms with Gasteiger partial charge in [0.1, 0.15) is 5.82 Å². The zero-order chi connectivity index (χ0) is 20.1. The van der Waals surface area contributed by atoms with Gasteiger partial charge < -0.3 is 14.7 Å². The lowest BCUT2D eigenvalue weighted by atomic mass is 10.1. The second-order valence-corrected chi connectivity index (χ2v) is 7.28. The van der Waals surface area contributed by atoms with E-state index >= 15 is 0 Å². The Morgan fingerprint density at radius 2 is 1.48 bits per heavy atom. The fourth-order valence-electron chi connectivity index (χ4n) is 3.80. The van der Waals surface area contributed by atoms with Crippen LogP contribution in [0.4, 0.5) is 17.5 Å². The Hall–Kier alpha value is -2.92. The van der Waals surface area contributed by atoms with Gasteiger partial charge in [0.25, 0.3) is 0 Å². The highest BCUT2D eigenvalue weighted by Crippen LogP contribution is 2.29. The van der Waals surface area contributed by atoms with Crippen LogP contribution < -0.4 is 9.80 Å². The number of rotatable bonds is 6. The third kappa shape index (κ3) is 4.40. The lowest BCUT2D eigenvalue weighted by molar-refractivity contribution is 0.270. The summed E-state index contributed by atoms with van der Waals surface area (Å²) in [5.41, 5.74) is 3.20. The summed E-state index contributed by atoms with van der Waals surface area (Å²) in [7, 11) is 0. The van der Waals surface area contributed by atoms with E-state index < -0.39 is 0 Å². The minimum absolute atomic E-state index is 0.757. The third-order valence-corrected chi connectivity index (χ3v) is 5.54. The van der Waals surface area contributed by atoms with Gasteiger partial charge in [0.15, 0.2) is 0 Å². The van der Waals surface area contributed by atoms with Gasteiger partial charge in [0, 0.05) is 50.0 Å². The molecule has 1 aliphatic rings. The summed E-state index contributed by atoms with van der Waals surface area (Å²) in [6.45, 7) is 10.4. The van der Waals surface area contributed by atoms with Gasteiger partial charge in [-0.15, -0.1) is 0 Å². The number of piperazine rings is 1. The first-order valence-electron chi connectivity index (χ1n) is 10.5. The fraction of sp³-hybridized carbons (Fsp3) is 0.333. The van der Waals surface area contributed by atoms with E-state index in [0.29, 0.717) is 0 Å². The molecule has 1 aliphatic heterocycles.